The van der Waals surface area contributed by atoms with Gasteiger partial charge in [0.1, 0.15) is 16.6 Å². The van der Waals surface area contributed by atoms with Crippen LogP contribution in [0.4, 0.5) is 0 Å². The smallest absolute Gasteiger partial charge is 0.0425 e. The zero-order chi connectivity index (χ0) is 4.41. The standard InChI is InChI=1S/C2H2N3S/c6-5-3-1-2-4-5/h1-2H/q+1. The van der Waals surface area contributed by atoms with Crippen LogP contribution in [0.3, 0.4) is 0 Å². The summed E-state index contributed by atoms with van der Waals surface area (Å²) in [5.74, 6) is 0. The fourth-order valence-electron chi connectivity index (χ4n) is 0.204. The molecule has 30 valence electrons. The molecule has 0 radical (unpaired) electrons. The Morgan fingerprint density at radius 2 is 1.83 bits per heavy atom. The van der Waals surface area contributed by atoms with Crippen LogP contribution in [0.2, 0.25) is 0 Å². The van der Waals surface area contributed by atoms with Gasteiger partial charge in [-0.15, -0.1) is 0 Å². The van der Waals surface area contributed by atoms with Crippen LogP contribution in [-0.2, 0) is 12.4 Å². The molecule has 0 amide bonds. The van der Waals surface area contributed by atoms with Gasteiger partial charge in [0.2, 0.25) is 0 Å². The summed E-state index contributed by atoms with van der Waals surface area (Å²) in [5, 5.41) is 7.07. The van der Waals surface area contributed by atoms with Crippen molar-refractivity contribution < 1.29 is 4.16 Å². The van der Waals surface area contributed by atoms with Crippen LogP contribution < -0.4 is 0 Å². The molecule has 1 rings (SSSR count). The molecule has 1 aliphatic rings. The second-order valence-corrected chi connectivity index (χ2v) is 1.11. The molecule has 0 aliphatic carbocycles. The summed E-state index contributed by atoms with van der Waals surface area (Å²) in [6.07, 6.45) is 3.07. The Hall–Kier alpha value is -0.640. The van der Waals surface area contributed by atoms with Crippen LogP contribution >= 0.6 is 0 Å². The molecule has 0 aromatic rings. The Balaban J connectivity index is 2.86. The zero-order valence-electron chi connectivity index (χ0n) is 2.90. The van der Waals surface area contributed by atoms with Crippen molar-refractivity contribution in [3.05, 3.63) is 0 Å². The quantitative estimate of drug-likeness (QED) is 0.384. The second-order valence-electron chi connectivity index (χ2n) is 0.782. The molecule has 0 aromatic heterocycles. The summed E-state index contributed by atoms with van der Waals surface area (Å²) >= 11 is 4.44. The van der Waals surface area contributed by atoms with E-state index < -0.39 is 0 Å². The van der Waals surface area contributed by atoms with E-state index in [1.807, 2.05) is 0 Å². The third-order valence-electron chi connectivity index (χ3n) is 0.398. The zero-order valence-corrected chi connectivity index (χ0v) is 3.72. The highest BCUT2D eigenvalue weighted by Gasteiger charge is 1.96. The second kappa shape index (κ2) is 1.22. The first-order chi connectivity index (χ1) is 2.89. The number of hydrazone groups is 2. The molecule has 0 unspecified atom stereocenters. The van der Waals surface area contributed by atoms with E-state index in [1.165, 1.54) is 12.4 Å². The summed E-state index contributed by atoms with van der Waals surface area (Å²) < 4.78 is 1.08. The summed E-state index contributed by atoms with van der Waals surface area (Å²) in [7, 11) is 0. The molecular formula is C2H2N3S+. The van der Waals surface area contributed by atoms with Gasteiger partial charge in [0.15, 0.2) is 0 Å². The number of hydrogen-bond acceptors (Lipinski definition) is 1. The van der Waals surface area contributed by atoms with Crippen molar-refractivity contribution in [1.82, 2.24) is 0 Å². The lowest BCUT2D eigenvalue weighted by Crippen LogP contribution is -1.77. The maximum atomic E-state index is 4.44. The first kappa shape index (κ1) is 3.55. The SMILES string of the molecule is S=[N+]1N=CC=N1. The molecule has 0 fully saturated rings. The maximum absolute atomic E-state index is 4.44. The fraction of sp³-hybridized carbons (Fsp3) is 0. The monoisotopic (exact) mass is 100.0 g/mol. The van der Waals surface area contributed by atoms with E-state index in [0.717, 1.165) is 4.16 Å². The molecule has 0 bridgehead atoms. The molecule has 3 nitrogen and oxygen atoms in total. The van der Waals surface area contributed by atoms with E-state index in [2.05, 4.69) is 22.6 Å². The van der Waals surface area contributed by atoms with E-state index in [1.54, 1.807) is 0 Å². The van der Waals surface area contributed by atoms with Crippen LogP contribution in [0.5, 0.6) is 0 Å². The van der Waals surface area contributed by atoms with Crippen molar-refractivity contribution in [2.45, 2.75) is 0 Å². The molecule has 1 aliphatic heterocycles. The average Bonchev–Trinajstić information content (AvgIpc) is 1.86. The van der Waals surface area contributed by atoms with E-state index in [-0.39, 0.29) is 0 Å². The van der Waals surface area contributed by atoms with Crippen LogP contribution in [0.1, 0.15) is 0 Å². The Morgan fingerprint density at radius 3 is 2.00 bits per heavy atom. The average molecular weight is 100 g/mol. The molecule has 0 saturated carbocycles. The molecule has 0 spiro atoms. The van der Waals surface area contributed by atoms with Crippen molar-refractivity contribution >= 4 is 24.9 Å². The molecule has 0 N–H and O–H groups in total. The van der Waals surface area contributed by atoms with Crippen molar-refractivity contribution in [3.63, 3.8) is 0 Å². The van der Waals surface area contributed by atoms with Crippen molar-refractivity contribution in [2.75, 3.05) is 0 Å². The third kappa shape index (κ3) is 0.463. The lowest BCUT2D eigenvalue weighted by molar-refractivity contribution is -0.503. The minimum absolute atomic E-state index is 1.08. The van der Waals surface area contributed by atoms with Gasteiger partial charge in [-0.3, -0.25) is 0 Å². The molecular weight excluding hydrogens is 98.1 g/mol. The molecule has 6 heavy (non-hydrogen) atoms. The Morgan fingerprint density at radius 1 is 1.33 bits per heavy atom. The van der Waals surface area contributed by atoms with Gasteiger partial charge in [-0.05, 0) is 0 Å². The summed E-state index contributed by atoms with van der Waals surface area (Å²) in [5.41, 5.74) is 0. The number of hydrogen-bond donors (Lipinski definition) is 0. The van der Waals surface area contributed by atoms with Gasteiger partial charge < -0.3 is 0 Å². The lowest BCUT2D eigenvalue weighted by Gasteiger charge is -1.55. The van der Waals surface area contributed by atoms with Crippen LogP contribution in [-0.4, -0.2) is 16.6 Å². The van der Waals surface area contributed by atoms with Crippen molar-refractivity contribution in [3.8, 4) is 0 Å². The normalized spacial score (nSPS) is 17.0. The van der Waals surface area contributed by atoms with Gasteiger partial charge in [0.05, 0.1) is 0 Å². The van der Waals surface area contributed by atoms with Crippen LogP contribution in [0.15, 0.2) is 10.2 Å². The van der Waals surface area contributed by atoms with Gasteiger partial charge in [-0.25, -0.2) is 0 Å². The number of nitrogens with zero attached hydrogens (tertiary/aromatic N) is 3. The largest absolute Gasteiger partial charge is 0.339 e. The van der Waals surface area contributed by atoms with Gasteiger partial charge in [0.25, 0.3) is 0 Å². The topological polar surface area (TPSA) is 27.7 Å². The highest BCUT2D eigenvalue weighted by atomic mass is 32.1. The molecule has 4 heteroatoms. The molecule has 0 aromatic carbocycles. The summed E-state index contributed by atoms with van der Waals surface area (Å²) in [4.78, 5) is 0. The van der Waals surface area contributed by atoms with Gasteiger partial charge >= 0.3 is 12.4 Å². The third-order valence-corrected chi connectivity index (χ3v) is 0.586. The predicted octanol–water partition coefficient (Wildman–Crippen LogP) is -0.285. The maximum Gasteiger partial charge on any atom is 0.339 e. The van der Waals surface area contributed by atoms with Crippen molar-refractivity contribution in [1.29, 1.82) is 0 Å². The first-order valence-corrected chi connectivity index (χ1v) is 1.80. The summed E-state index contributed by atoms with van der Waals surface area (Å²) in [6.45, 7) is 0. The van der Waals surface area contributed by atoms with E-state index in [4.69, 9.17) is 0 Å². The van der Waals surface area contributed by atoms with E-state index in [0.29, 0.717) is 0 Å². The van der Waals surface area contributed by atoms with E-state index >= 15 is 0 Å². The Bertz CT molecular complexity index is 111. The first-order valence-electron chi connectivity index (χ1n) is 1.43. The van der Waals surface area contributed by atoms with Crippen molar-refractivity contribution in [2.24, 2.45) is 10.2 Å². The Kier molecular flexibility index (Phi) is 0.719. The molecule has 1 heterocycles. The highest BCUT2D eigenvalue weighted by molar-refractivity contribution is 7.44. The minimum Gasteiger partial charge on any atom is 0.0425 e. The van der Waals surface area contributed by atoms with Crippen LogP contribution in [0, 0.1) is 0 Å². The minimum atomic E-state index is 1.08. The molecule has 0 saturated heterocycles. The van der Waals surface area contributed by atoms with Gasteiger partial charge in [0, 0.05) is 10.2 Å². The summed E-state index contributed by atoms with van der Waals surface area (Å²) in [6, 6.07) is 0. The fourth-order valence-corrected chi connectivity index (χ4v) is 0.312. The van der Waals surface area contributed by atoms with Crippen LogP contribution in [0.25, 0.3) is 0 Å². The highest BCUT2D eigenvalue weighted by Crippen LogP contribution is 1.77. The molecule has 0 atom stereocenters. The van der Waals surface area contributed by atoms with Gasteiger partial charge in [-0.1, -0.05) is 0 Å². The Labute approximate surface area is 40.1 Å². The lowest BCUT2D eigenvalue weighted by atomic mass is 10.9. The van der Waals surface area contributed by atoms with E-state index in [9.17, 15) is 0 Å². The van der Waals surface area contributed by atoms with Gasteiger partial charge in [-0.2, -0.15) is 0 Å². The predicted molar refractivity (Wildman–Crippen MR) is 24.6 cm³/mol. The number of rotatable bonds is 0.